The Labute approximate surface area is 109 Å². The van der Waals surface area contributed by atoms with Crippen LogP contribution in [0.15, 0.2) is 17.1 Å². The molecule has 0 aliphatic carbocycles. The van der Waals surface area contributed by atoms with Gasteiger partial charge in [-0.15, -0.1) is 0 Å². The van der Waals surface area contributed by atoms with Gasteiger partial charge in [-0.05, 0) is 35.7 Å². The van der Waals surface area contributed by atoms with Crippen LogP contribution in [0, 0.1) is 6.92 Å². The summed E-state index contributed by atoms with van der Waals surface area (Å²) in [5.74, 6) is -0.130. The molecule has 0 spiro atoms. The van der Waals surface area contributed by atoms with E-state index < -0.39 is 5.97 Å². The first kappa shape index (κ1) is 12.6. The highest BCUT2D eigenvalue weighted by Crippen LogP contribution is 2.18. The van der Waals surface area contributed by atoms with Crippen LogP contribution in [0.4, 0.5) is 5.82 Å². The molecule has 0 fully saturated rings. The van der Waals surface area contributed by atoms with Crippen LogP contribution >= 0.6 is 11.3 Å². The van der Waals surface area contributed by atoms with Crippen molar-refractivity contribution in [3.8, 4) is 0 Å². The monoisotopic (exact) mass is 265 g/mol. The van der Waals surface area contributed by atoms with E-state index >= 15 is 0 Å². The maximum absolute atomic E-state index is 11.6. The zero-order chi connectivity index (χ0) is 13.1. The summed E-state index contributed by atoms with van der Waals surface area (Å²) >= 11 is 1.65. The van der Waals surface area contributed by atoms with Crippen LogP contribution in [0.3, 0.4) is 0 Å². The van der Waals surface area contributed by atoms with Crippen LogP contribution in [0.2, 0.25) is 0 Å². The number of ether oxygens (including phenoxy) is 1. The third-order valence-electron chi connectivity index (χ3n) is 2.65. The molecule has 2 N–H and O–H groups in total. The van der Waals surface area contributed by atoms with Gasteiger partial charge in [0.15, 0.2) is 5.69 Å². The van der Waals surface area contributed by atoms with Crippen molar-refractivity contribution in [2.24, 2.45) is 0 Å². The molecule has 0 aliphatic heterocycles. The van der Waals surface area contributed by atoms with Gasteiger partial charge in [-0.1, -0.05) is 0 Å². The molecule has 0 aromatic carbocycles. The van der Waals surface area contributed by atoms with Gasteiger partial charge in [0, 0.05) is 0 Å². The van der Waals surface area contributed by atoms with Crippen molar-refractivity contribution >= 4 is 23.1 Å². The van der Waals surface area contributed by atoms with Crippen LogP contribution in [0.25, 0.3) is 0 Å². The second-order valence-electron chi connectivity index (χ2n) is 3.91. The number of aromatic nitrogens is 2. The Balaban J connectivity index is 2.21. The number of esters is 1. The van der Waals surface area contributed by atoms with Gasteiger partial charge < -0.3 is 15.0 Å². The number of nitrogen functional groups attached to an aromatic ring is 1. The average Bonchev–Trinajstić information content (AvgIpc) is 2.89. The van der Waals surface area contributed by atoms with Crippen LogP contribution in [-0.2, 0) is 11.3 Å². The van der Waals surface area contributed by atoms with Crippen molar-refractivity contribution in [1.82, 2.24) is 9.55 Å². The minimum atomic E-state index is -0.476. The molecular formula is C12H15N3O2S. The lowest BCUT2D eigenvalue weighted by Crippen LogP contribution is -2.10. The Kier molecular flexibility index (Phi) is 3.66. The second-order valence-corrected chi connectivity index (χ2v) is 4.65. The van der Waals surface area contributed by atoms with Gasteiger partial charge in [0.1, 0.15) is 5.82 Å². The number of nitrogens with two attached hydrogens (primary N) is 1. The number of imidazole rings is 1. The molecule has 0 aliphatic rings. The van der Waals surface area contributed by atoms with Crippen LogP contribution in [-0.4, -0.2) is 22.1 Å². The summed E-state index contributed by atoms with van der Waals surface area (Å²) < 4.78 is 6.64. The summed E-state index contributed by atoms with van der Waals surface area (Å²) in [5, 5.41) is 4.15. The molecule has 18 heavy (non-hydrogen) atoms. The lowest BCUT2D eigenvalue weighted by molar-refractivity contribution is 0.0521. The lowest BCUT2D eigenvalue weighted by Gasteiger charge is -2.05. The first-order chi connectivity index (χ1) is 8.63. The molecule has 0 saturated carbocycles. The fourth-order valence-electron chi connectivity index (χ4n) is 1.61. The molecule has 0 amide bonds. The molecule has 0 atom stereocenters. The summed E-state index contributed by atoms with van der Waals surface area (Å²) in [6.45, 7) is 4.73. The molecule has 6 heteroatoms. The third kappa shape index (κ3) is 2.38. The largest absolute Gasteiger partial charge is 0.461 e. The predicted octanol–water partition coefficient (Wildman–Crippen LogP) is 2.06. The first-order valence-electron chi connectivity index (χ1n) is 5.62. The van der Waals surface area contributed by atoms with E-state index in [1.807, 2.05) is 6.92 Å². The molecular weight excluding hydrogens is 250 g/mol. The molecule has 0 radical (unpaired) electrons. The number of carbonyl (C=O) groups excluding carboxylic acids is 1. The summed E-state index contributed by atoms with van der Waals surface area (Å²) in [7, 11) is 0. The van der Waals surface area contributed by atoms with E-state index in [9.17, 15) is 4.79 Å². The number of nitrogens with zero attached hydrogens (tertiary/aromatic N) is 2. The van der Waals surface area contributed by atoms with E-state index in [0.717, 1.165) is 0 Å². The maximum Gasteiger partial charge on any atom is 0.360 e. The van der Waals surface area contributed by atoms with Gasteiger partial charge in [0.25, 0.3) is 0 Å². The number of carbonyl (C=O) groups is 1. The maximum atomic E-state index is 11.6. The standard InChI is InChI=1S/C12H15N3O2S/c1-3-17-12(16)10-11(13)15(7-14-10)4-9-6-18-5-8(9)2/h5-7H,3-4,13H2,1-2H3. The highest BCUT2D eigenvalue weighted by atomic mass is 32.1. The van der Waals surface area contributed by atoms with Crippen molar-refractivity contribution in [3.05, 3.63) is 33.9 Å². The highest BCUT2D eigenvalue weighted by Gasteiger charge is 2.17. The van der Waals surface area contributed by atoms with E-state index in [2.05, 4.69) is 15.7 Å². The van der Waals surface area contributed by atoms with Gasteiger partial charge in [-0.25, -0.2) is 9.78 Å². The Morgan fingerprint density at radius 2 is 2.33 bits per heavy atom. The van der Waals surface area contributed by atoms with Crippen molar-refractivity contribution < 1.29 is 9.53 Å². The Hall–Kier alpha value is -1.82. The smallest absolute Gasteiger partial charge is 0.360 e. The van der Waals surface area contributed by atoms with Crippen molar-refractivity contribution in [2.75, 3.05) is 12.3 Å². The summed E-state index contributed by atoms with van der Waals surface area (Å²) in [6, 6.07) is 0. The molecule has 0 saturated heterocycles. The van der Waals surface area contributed by atoms with E-state index in [0.29, 0.717) is 19.0 Å². The fraction of sp³-hybridized carbons (Fsp3) is 0.333. The molecule has 2 heterocycles. The normalized spacial score (nSPS) is 10.6. The second kappa shape index (κ2) is 5.22. The number of aryl methyl sites for hydroxylation is 1. The summed E-state index contributed by atoms with van der Waals surface area (Å²) in [6.07, 6.45) is 1.57. The Morgan fingerprint density at radius 3 is 2.94 bits per heavy atom. The van der Waals surface area contributed by atoms with Crippen molar-refractivity contribution in [3.63, 3.8) is 0 Å². The third-order valence-corrected chi connectivity index (χ3v) is 3.56. The number of anilines is 1. The van der Waals surface area contributed by atoms with Gasteiger partial charge in [0.05, 0.1) is 19.5 Å². The lowest BCUT2D eigenvalue weighted by atomic mass is 10.2. The zero-order valence-electron chi connectivity index (χ0n) is 10.3. The predicted molar refractivity (Wildman–Crippen MR) is 70.8 cm³/mol. The summed E-state index contributed by atoms with van der Waals surface area (Å²) in [4.78, 5) is 15.6. The van der Waals surface area contributed by atoms with Gasteiger partial charge >= 0.3 is 5.97 Å². The van der Waals surface area contributed by atoms with Crippen LogP contribution in [0.5, 0.6) is 0 Å². The van der Waals surface area contributed by atoms with E-state index in [4.69, 9.17) is 10.5 Å². The molecule has 0 bridgehead atoms. The molecule has 96 valence electrons. The molecule has 0 unspecified atom stereocenters. The minimum absolute atomic E-state index is 0.185. The molecule has 2 rings (SSSR count). The quantitative estimate of drug-likeness (QED) is 0.859. The van der Waals surface area contributed by atoms with Gasteiger partial charge in [0.2, 0.25) is 0 Å². The first-order valence-corrected chi connectivity index (χ1v) is 6.57. The minimum Gasteiger partial charge on any atom is -0.461 e. The number of hydrogen-bond acceptors (Lipinski definition) is 5. The Bertz CT molecular complexity index is 559. The number of rotatable bonds is 4. The number of thiophene rings is 1. The van der Waals surface area contributed by atoms with E-state index in [-0.39, 0.29) is 5.69 Å². The highest BCUT2D eigenvalue weighted by molar-refractivity contribution is 7.08. The number of hydrogen-bond donors (Lipinski definition) is 1. The Morgan fingerprint density at radius 1 is 1.56 bits per heavy atom. The van der Waals surface area contributed by atoms with Crippen LogP contribution in [0.1, 0.15) is 28.5 Å². The van der Waals surface area contributed by atoms with Gasteiger partial charge in [-0.3, -0.25) is 0 Å². The van der Waals surface area contributed by atoms with Gasteiger partial charge in [-0.2, -0.15) is 11.3 Å². The molecule has 2 aromatic heterocycles. The molecule has 2 aromatic rings. The van der Waals surface area contributed by atoms with E-state index in [1.165, 1.54) is 11.1 Å². The summed E-state index contributed by atoms with van der Waals surface area (Å²) in [5.41, 5.74) is 8.48. The van der Waals surface area contributed by atoms with Crippen LogP contribution < -0.4 is 5.73 Å². The topological polar surface area (TPSA) is 70.1 Å². The molecule has 5 nitrogen and oxygen atoms in total. The van der Waals surface area contributed by atoms with Crippen molar-refractivity contribution in [2.45, 2.75) is 20.4 Å². The average molecular weight is 265 g/mol. The van der Waals surface area contributed by atoms with E-state index in [1.54, 1.807) is 29.2 Å². The SMILES string of the molecule is CCOC(=O)c1ncn(Cc2cscc2C)c1N. The fourth-order valence-corrected chi connectivity index (χ4v) is 2.46. The zero-order valence-corrected chi connectivity index (χ0v) is 11.2. The van der Waals surface area contributed by atoms with Crippen molar-refractivity contribution in [1.29, 1.82) is 0 Å².